The smallest absolute Gasteiger partial charge is 0.0615 e. The van der Waals surface area contributed by atoms with Crippen molar-refractivity contribution in [1.29, 1.82) is 5.41 Å². The van der Waals surface area contributed by atoms with E-state index in [0.717, 1.165) is 27.8 Å². The van der Waals surface area contributed by atoms with Gasteiger partial charge in [0, 0.05) is 11.1 Å². The molecule has 1 aromatic carbocycles. The van der Waals surface area contributed by atoms with Crippen LogP contribution in [0.5, 0.6) is 0 Å². The van der Waals surface area contributed by atoms with Gasteiger partial charge in [-0.2, -0.15) is 0 Å². The maximum absolute atomic E-state index is 8.18. The van der Waals surface area contributed by atoms with Crippen LogP contribution in [0.2, 0.25) is 0 Å². The second-order valence-electron chi connectivity index (χ2n) is 4.97. The molecule has 0 saturated heterocycles. The van der Waals surface area contributed by atoms with Gasteiger partial charge in [-0.05, 0) is 38.0 Å². The lowest BCUT2D eigenvalue weighted by Gasteiger charge is -2.04. The monoisotopic (exact) mass is 275 g/mol. The summed E-state index contributed by atoms with van der Waals surface area (Å²) in [7, 11) is 0. The summed E-state index contributed by atoms with van der Waals surface area (Å²) in [4.78, 5) is 0. The molecule has 21 heavy (non-hydrogen) atoms. The van der Waals surface area contributed by atoms with E-state index in [1.807, 2.05) is 63.3 Å². The quantitative estimate of drug-likeness (QED) is 0.444. The summed E-state index contributed by atoms with van der Waals surface area (Å²) >= 11 is 0. The van der Waals surface area contributed by atoms with Crippen LogP contribution in [-0.4, -0.2) is 5.71 Å². The second kappa shape index (κ2) is 7.87. The molecule has 106 valence electrons. The van der Waals surface area contributed by atoms with Crippen molar-refractivity contribution in [3.05, 3.63) is 83.0 Å². The molecule has 0 unspecified atom stereocenters. The van der Waals surface area contributed by atoms with Gasteiger partial charge in [-0.1, -0.05) is 60.6 Å². The Morgan fingerprint density at radius 3 is 2.33 bits per heavy atom. The van der Waals surface area contributed by atoms with Gasteiger partial charge in [-0.15, -0.1) is 6.42 Å². The number of terminal acetylenes is 1. The fourth-order valence-corrected chi connectivity index (χ4v) is 1.76. The second-order valence-corrected chi connectivity index (χ2v) is 4.97. The summed E-state index contributed by atoms with van der Waals surface area (Å²) in [5.74, 6) is 2.64. The Morgan fingerprint density at radius 1 is 1.14 bits per heavy atom. The van der Waals surface area contributed by atoms with Crippen molar-refractivity contribution < 1.29 is 0 Å². The number of hydrogen-bond donors (Lipinski definition) is 1. The van der Waals surface area contributed by atoms with Gasteiger partial charge >= 0.3 is 0 Å². The van der Waals surface area contributed by atoms with Gasteiger partial charge in [0.1, 0.15) is 0 Å². The van der Waals surface area contributed by atoms with Crippen LogP contribution < -0.4 is 0 Å². The molecule has 0 aliphatic carbocycles. The largest absolute Gasteiger partial charge is 0.300 e. The van der Waals surface area contributed by atoms with Crippen molar-refractivity contribution in [2.24, 2.45) is 0 Å². The van der Waals surface area contributed by atoms with E-state index >= 15 is 0 Å². The number of nitrogens with one attached hydrogen (secondary N) is 1. The van der Waals surface area contributed by atoms with Crippen molar-refractivity contribution in [1.82, 2.24) is 0 Å². The molecule has 0 radical (unpaired) electrons. The van der Waals surface area contributed by atoms with E-state index in [1.54, 1.807) is 6.08 Å². The molecule has 1 N–H and O–H groups in total. The molecule has 1 heteroatoms. The Labute approximate surface area is 127 Å². The molecule has 0 heterocycles. The van der Waals surface area contributed by atoms with Gasteiger partial charge in [0.15, 0.2) is 0 Å². The maximum atomic E-state index is 8.18. The molecule has 0 aliphatic rings. The Balaban J connectivity index is 3.05. The van der Waals surface area contributed by atoms with Crippen molar-refractivity contribution in [2.75, 3.05) is 0 Å². The van der Waals surface area contributed by atoms with Crippen LogP contribution in [0.25, 0.3) is 0 Å². The number of rotatable bonds is 5. The van der Waals surface area contributed by atoms with E-state index in [0.29, 0.717) is 5.71 Å². The van der Waals surface area contributed by atoms with Gasteiger partial charge in [-0.25, -0.2) is 0 Å². The highest BCUT2D eigenvalue weighted by atomic mass is 14.4. The zero-order chi connectivity index (χ0) is 15.8. The third kappa shape index (κ3) is 5.12. The zero-order valence-corrected chi connectivity index (χ0v) is 12.9. The molecule has 0 amide bonds. The molecule has 0 bridgehead atoms. The Hall–Kier alpha value is -2.59. The highest BCUT2D eigenvalue weighted by molar-refractivity contribution is 6.07. The molecule has 0 aliphatic heterocycles. The van der Waals surface area contributed by atoms with Crippen molar-refractivity contribution >= 4 is 5.71 Å². The molecule has 0 fully saturated rings. The summed E-state index contributed by atoms with van der Waals surface area (Å²) in [6, 6.07) is 7.86. The summed E-state index contributed by atoms with van der Waals surface area (Å²) in [6.45, 7) is 9.66. The van der Waals surface area contributed by atoms with E-state index in [-0.39, 0.29) is 0 Å². The minimum Gasteiger partial charge on any atom is -0.300 e. The summed E-state index contributed by atoms with van der Waals surface area (Å²) in [6.07, 6.45) is 13.0. The number of benzene rings is 1. The lowest BCUT2D eigenvalue weighted by Crippen LogP contribution is -1.97. The first-order chi connectivity index (χ1) is 9.95. The predicted octanol–water partition coefficient (Wildman–Crippen LogP) is 5.00. The Kier molecular flexibility index (Phi) is 6.17. The van der Waals surface area contributed by atoms with Gasteiger partial charge in [0.2, 0.25) is 0 Å². The average Bonchev–Trinajstić information content (AvgIpc) is 2.46. The standard InChI is InChI=1S/C20H21N/c1-6-16(4)18(12-11-15(2)3)13-14-20(21)19-10-8-7-9-17(19)5/h1,7-14,21H,2H2,3-5H3/b12-11-,14-13+,18-16+,21-20?. The van der Waals surface area contributed by atoms with Gasteiger partial charge < -0.3 is 5.41 Å². The fraction of sp³-hybridized carbons (Fsp3) is 0.150. The van der Waals surface area contributed by atoms with Crippen molar-refractivity contribution in [3.8, 4) is 12.3 Å². The predicted molar refractivity (Wildman–Crippen MR) is 92.6 cm³/mol. The molecular weight excluding hydrogens is 254 g/mol. The summed E-state index contributed by atoms with van der Waals surface area (Å²) in [5.41, 5.74) is 5.19. The first kappa shape index (κ1) is 16.5. The maximum Gasteiger partial charge on any atom is 0.0615 e. The topological polar surface area (TPSA) is 23.9 Å². The van der Waals surface area contributed by atoms with Crippen molar-refractivity contribution in [3.63, 3.8) is 0 Å². The van der Waals surface area contributed by atoms with Crippen LogP contribution >= 0.6 is 0 Å². The highest BCUT2D eigenvalue weighted by Crippen LogP contribution is 2.12. The third-order valence-corrected chi connectivity index (χ3v) is 3.06. The molecule has 1 aromatic rings. The summed E-state index contributed by atoms with van der Waals surface area (Å²) in [5, 5.41) is 8.18. The minimum absolute atomic E-state index is 0.471. The van der Waals surface area contributed by atoms with Crippen LogP contribution in [0, 0.1) is 24.7 Å². The number of aryl methyl sites for hydroxylation is 1. The molecule has 0 saturated carbocycles. The van der Waals surface area contributed by atoms with Gasteiger partial charge in [-0.3, -0.25) is 0 Å². The van der Waals surface area contributed by atoms with Crippen LogP contribution in [0.15, 0.2) is 71.9 Å². The first-order valence-corrected chi connectivity index (χ1v) is 6.79. The van der Waals surface area contributed by atoms with Crippen LogP contribution in [0.4, 0.5) is 0 Å². The average molecular weight is 275 g/mol. The third-order valence-electron chi connectivity index (χ3n) is 3.06. The van der Waals surface area contributed by atoms with Crippen molar-refractivity contribution in [2.45, 2.75) is 20.8 Å². The van der Waals surface area contributed by atoms with E-state index < -0.39 is 0 Å². The van der Waals surface area contributed by atoms with E-state index in [4.69, 9.17) is 11.8 Å². The molecule has 0 spiro atoms. The summed E-state index contributed by atoms with van der Waals surface area (Å²) < 4.78 is 0. The van der Waals surface area contributed by atoms with E-state index in [9.17, 15) is 0 Å². The van der Waals surface area contributed by atoms with Crippen LogP contribution in [0.1, 0.15) is 25.0 Å². The lowest BCUT2D eigenvalue weighted by molar-refractivity contribution is 1.40. The normalized spacial score (nSPS) is 12.3. The Morgan fingerprint density at radius 2 is 1.76 bits per heavy atom. The fourth-order valence-electron chi connectivity index (χ4n) is 1.76. The van der Waals surface area contributed by atoms with E-state index in [1.165, 1.54) is 0 Å². The zero-order valence-electron chi connectivity index (χ0n) is 12.9. The van der Waals surface area contributed by atoms with Gasteiger partial charge in [0.05, 0.1) is 5.71 Å². The molecular formula is C20H21N. The molecule has 1 nitrogen and oxygen atoms in total. The SMILES string of the molecule is C#C/C(C)=C(\C=C/C(=C)C)/C=C/C(=N)c1ccccc1C. The van der Waals surface area contributed by atoms with Crippen LogP contribution in [0.3, 0.4) is 0 Å². The first-order valence-electron chi connectivity index (χ1n) is 6.79. The van der Waals surface area contributed by atoms with Gasteiger partial charge in [0.25, 0.3) is 0 Å². The molecule has 0 atom stereocenters. The number of allylic oxidation sites excluding steroid dienone is 7. The lowest BCUT2D eigenvalue weighted by atomic mass is 10.0. The van der Waals surface area contributed by atoms with Crippen LogP contribution in [-0.2, 0) is 0 Å². The number of hydrogen-bond acceptors (Lipinski definition) is 1. The Bertz CT molecular complexity index is 676. The van der Waals surface area contributed by atoms with E-state index in [2.05, 4.69) is 12.5 Å². The minimum atomic E-state index is 0.471. The molecule has 0 aromatic heterocycles. The highest BCUT2D eigenvalue weighted by Gasteiger charge is 2.01. The molecule has 1 rings (SSSR count).